The molecule has 3 nitrogen and oxygen atoms in total. The zero-order valence-electron chi connectivity index (χ0n) is 13.3. The van der Waals surface area contributed by atoms with Gasteiger partial charge in [-0.15, -0.1) is 0 Å². The van der Waals surface area contributed by atoms with Gasteiger partial charge in [0.1, 0.15) is 7.85 Å². The second kappa shape index (κ2) is 6.59. The van der Waals surface area contributed by atoms with Crippen molar-refractivity contribution < 1.29 is 4.79 Å². The average Bonchev–Trinajstić information content (AvgIpc) is 2.68. The number of nitrogens with zero attached hydrogens (tertiary/aromatic N) is 1. The van der Waals surface area contributed by atoms with Crippen LogP contribution < -0.4 is 10.8 Å². The first kappa shape index (κ1) is 15.2. The van der Waals surface area contributed by atoms with Gasteiger partial charge in [0.15, 0.2) is 0 Å². The summed E-state index contributed by atoms with van der Waals surface area (Å²) in [6, 6.07) is 5.72. The SMILES string of the molecule is [B]c1ccc2c(c1)c(C(=O)NCC1CCCCCC1)cn2C. The fourth-order valence-corrected chi connectivity index (χ4v) is 3.49. The van der Waals surface area contributed by atoms with Gasteiger partial charge in [-0.3, -0.25) is 4.79 Å². The van der Waals surface area contributed by atoms with E-state index < -0.39 is 0 Å². The van der Waals surface area contributed by atoms with Crippen LogP contribution in [0, 0.1) is 5.92 Å². The average molecular weight is 294 g/mol. The highest BCUT2D eigenvalue weighted by atomic mass is 16.1. The van der Waals surface area contributed by atoms with Gasteiger partial charge in [0, 0.05) is 30.7 Å². The number of hydrogen-bond donors (Lipinski definition) is 1. The number of fused-ring (bicyclic) bond motifs is 1. The Morgan fingerprint density at radius 3 is 2.73 bits per heavy atom. The van der Waals surface area contributed by atoms with Crippen molar-refractivity contribution in [2.45, 2.75) is 38.5 Å². The molecule has 0 saturated heterocycles. The maximum absolute atomic E-state index is 12.5. The molecule has 1 aliphatic rings. The summed E-state index contributed by atoms with van der Waals surface area (Å²) in [4.78, 5) is 12.5. The van der Waals surface area contributed by atoms with E-state index in [0.29, 0.717) is 11.4 Å². The van der Waals surface area contributed by atoms with Crippen molar-refractivity contribution in [2.24, 2.45) is 13.0 Å². The molecule has 3 rings (SSSR count). The summed E-state index contributed by atoms with van der Waals surface area (Å²) in [6.45, 7) is 0.789. The van der Waals surface area contributed by atoms with E-state index in [0.717, 1.165) is 23.0 Å². The van der Waals surface area contributed by atoms with E-state index in [2.05, 4.69) is 5.32 Å². The molecule has 1 aromatic heterocycles. The fourth-order valence-electron chi connectivity index (χ4n) is 3.49. The van der Waals surface area contributed by atoms with Crippen molar-refractivity contribution in [2.75, 3.05) is 6.54 Å². The Bertz CT molecular complexity index is 669. The van der Waals surface area contributed by atoms with E-state index >= 15 is 0 Å². The van der Waals surface area contributed by atoms with Crippen molar-refractivity contribution in [1.29, 1.82) is 0 Å². The lowest BCUT2D eigenvalue weighted by molar-refractivity contribution is 0.0947. The summed E-state index contributed by atoms with van der Waals surface area (Å²) in [6.07, 6.45) is 9.65. The molecule has 1 N–H and O–H groups in total. The van der Waals surface area contributed by atoms with Crippen molar-refractivity contribution in [3.63, 3.8) is 0 Å². The quantitative estimate of drug-likeness (QED) is 0.685. The topological polar surface area (TPSA) is 34.0 Å². The van der Waals surface area contributed by atoms with Gasteiger partial charge in [-0.05, 0) is 24.8 Å². The molecule has 1 fully saturated rings. The molecule has 1 aliphatic carbocycles. The van der Waals surface area contributed by atoms with E-state index in [4.69, 9.17) is 7.85 Å². The number of nitrogens with one attached hydrogen (secondary N) is 1. The van der Waals surface area contributed by atoms with Gasteiger partial charge in [-0.1, -0.05) is 43.3 Å². The van der Waals surface area contributed by atoms with Crippen LogP contribution in [0.25, 0.3) is 10.9 Å². The Hall–Kier alpha value is -1.71. The minimum atomic E-state index is 0.0143. The van der Waals surface area contributed by atoms with Crippen LogP contribution in [0.3, 0.4) is 0 Å². The first-order valence-electron chi connectivity index (χ1n) is 8.28. The number of aryl methyl sites for hydroxylation is 1. The first-order valence-corrected chi connectivity index (χ1v) is 8.28. The molecule has 0 atom stereocenters. The third-order valence-electron chi connectivity index (χ3n) is 4.78. The summed E-state index contributed by atoms with van der Waals surface area (Å²) in [5.74, 6) is 0.645. The molecule has 1 amide bonds. The summed E-state index contributed by atoms with van der Waals surface area (Å²) in [5, 5.41) is 4.06. The number of amides is 1. The number of carbonyl (C=O) groups is 1. The molecule has 1 heterocycles. The number of benzene rings is 1. The Kier molecular flexibility index (Phi) is 4.56. The highest BCUT2D eigenvalue weighted by Crippen LogP contribution is 2.23. The third kappa shape index (κ3) is 3.21. The molecular formula is C18H23BN2O. The zero-order chi connectivity index (χ0) is 15.5. The standard InChI is InChI=1S/C18H23BN2O/c1-21-12-16(15-10-14(19)8-9-17(15)21)18(22)20-11-13-6-4-2-3-5-7-13/h8-10,12-13H,2-7,11H2,1H3,(H,20,22). The van der Waals surface area contributed by atoms with Gasteiger partial charge in [0.25, 0.3) is 5.91 Å². The highest BCUT2D eigenvalue weighted by molar-refractivity contribution is 6.33. The van der Waals surface area contributed by atoms with E-state index in [9.17, 15) is 4.79 Å². The second-order valence-electron chi connectivity index (χ2n) is 6.50. The summed E-state index contributed by atoms with van der Waals surface area (Å²) in [7, 11) is 7.83. The fraction of sp³-hybridized carbons (Fsp3) is 0.500. The Balaban J connectivity index is 1.73. The molecule has 2 aromatic rings. The predicted octanol–water partition coefficient (Wildman–Crippen LogP) is 2.67. The van der Waals surface area contributed by atoms with Crippen LogP contribution in [-0.2, 0) is 7.05 Å². The van der Waals surface area contributed by atoms with Crippen LogP contribution in [0.1, 0.15) is 48.9 Å². The van der Waals surface area contributed by atoms with E-state index in [1.807, 2.05) is 36.0 Å². The van der Waals surface area contributed by atoms with Gasteiger partial charge in [0.05, 0.1) is 5.56 Å². The number of carbonyl (C=O) groups excluding carboxylic acids is 1. The molecule has 0 unspecified atom stereocenters. The molecule has 22 heavy (non-hydrogen) atoms. The molecule has 1 saturated carbocycles. The van der Waals surface area contributed by atoms with Crippen LogP contribution in [0.5, 0.6) is 0 Å². The maximum atomic E-state index is 12.5. The summed E-state index contributed by atoms with van der Waals surface area (Å²) in [5.41, 5.74) is 2.45. The molecule has 0 bridgehead atoms. The molecule has 114 valence electrons. The maximum Gasteiger partial charge on any atom is 0.253 e. The minimum Gasteiger partial charge on any atom is -0.352 e. The molecule has 4 heteroatoms. The van der Waals surface area contributed by atoms with Gasteiger partial charge in [0.2, 0.25) is 0 Å². The van der Waals surface area contributed by atoms with Crippen molar-refractivity contribution in [1.82, 2.24) is 9.88 Å². The number of rotatable bonds is 3. The van der Waals surface area contributed by atoms with Crippen LogP contribution in [-0.4, -0.2) is 24.9 Å². The van der Waals surface area contributed by atoms with Crippen molar-refractivity contribution >= 4 is 30.1 Å². The van der Waals surface area contributed by atoms with Crippen LogP contribution in [0.2, 0.25) is 0 Å². The predicted molar refractivity (Wildman–Crippen MR) is 91.8 cm³/mol. The van der Waals surface area contributed by atoms with Gasteiger partial charge in [-0.25, -0.2) is 0 Å². The van der Waals surface area contributed by atoms with Gasteiger partial charge >= 0.3 is 0 Å². The number of hydrogen-bond acceptors (Lipinski definition) is 1. The smallest absolute Gasteiger partial charge is 0.253 e. The van der Waals surface area contributed by atoms with Crippen molar-refractivity contribution in [3.8, 4) is 0 Å². The largest absolute Gasteiger partial charge is 0.352 e. The lowest BCUT2D eigenvalue weighted by atomic mass is 9.94. The first-order chi connectivity index (χ1) is 10.6. The van der Waals surface area contributed by atoms with Crippen LogP contribution >= 0.6 is 0 Å². The number of aromatic nitrogens is 1. The molecule has 0 spiro atoms. The lowest BCUT2D eigenvalue weighted by Crippen LogP contribution is -2.29. The van der Waals surface area contributed by atoms with E-state index in [1.165, 1.54) is 38.5 Å². The minimum absolute atomic E-state index is 0.0143. The second-order valence-corrected chi connectivity index (χ2v) is 6.50. The zero-order valence-corrected chi connectivity index (χ0v) is 13.3. The summed E-state index contributed by atoms with van der Waals surface area (Å²) >= 11 is 0. The Morgan fingerprint density at radius 1 is 1.27 bits per heavy atom. The third-order valence-corrected chi connectivity index (χ3v) is 4.78. The van der Waals surface area contributed by atoms with E-state index in [-0.39, 0.29) is 5.91 Å². The Morgan fingerprint density at radius 2 is 2.00 bits per heavy atom. The van der Waals surface area contributed by atoms with E-state index in [1.54, 1.807) is 0 Å². The molecular weight excluding hydrogens is 271 g/mol. The molecule has 0 aliphatic heterocycles. The Labute approximate surface area is 133 Å². The summed E-state index contributed by atoms with van der Waals surface area (Å²) < 4.78 is 1.98. The van der Waals surface area contributed by atoms with Crippen LogP contribution in [0.15, 0.2) is 24.4 Å². The van der Waals surface area contributed by atoms with Crippen molar-refractivity contribution in [3.05, 3.63) is 30.0 Å². The molecule has 2 radical (unpaired) electrons. The van der Waals surface area contributed by atoms with Gasteiger partial charge < -0.3 is 9.88 Å². The normalized spacial score (nSPS) is 16.6. The highest BCUT2D eigenvalue weighted by Gasteiger charge is 2.17. The van der Waals surface area contributed by atoms with Gasteiger partial charge in [-0.2, -0.15) is 0 Å². The monoisotopic (exact) mass is 294 g/mol. The molecule has 1 aromatic carbocycles. The lowest BCUT2D eigenvalue weighted by Gasteiger charge is -2.14. The van der Waals surface area contributed by atoms with Crippen LogP contribution in [0.4, 0.5) is 0 Å².